The van der Waals surface area contributed by atoms with Crippen LogP contribution in [-0.4, -0.2) is 15.8 Å². The molecule has 0 spiro atoms. The van der Waals surface area contributed by atoms with Crippen molar-refractivity contribution in [2.75, 3.05) is 0 Å². The number of rotatable bonds is 4. The molecule has 0 aromatic heterocycles. The fourth-order valence-electron chi connectivity index (χ4n) is 0.882. The Kier molecular flexibility index (Phi) is 8.43. The Hall–Kier alpha value is -0.840. The average molecular weight is 206 g/mol. The van der Waals surface area contributed by atoms with Gasteiger partial charge in [-0.3, -0.25) is 0 Å². The second-order valence-electron chi connectivity index (χ2n) is 4.10. The number of hydrogen-bond acceptors (Lipinski definition) is 3. The van der Waals surface area contributed by atoms with Crippen molar-refractivity contribution in [1.29, 1.82) is 0 Å². The quantitative estimate of drug-likeness (QED) is 0.545. The van der Waals surface area contributed by atoms with E-state index in [0.29, 0.717) is 5.92 Å². The van der Waals surface area contributed by atoms with E-state index in [-0.39, 0.29) is 5.54 Å². The molecule has 0 rings (SSSR count). The number of nitrogens with two attached hydrogens (primary N) is 1. The molecule has 0 aromatic carbocycles. The van der Waals surface area contributed by atoms with E-state index < -0.39 is 5.09 Å². The zero-order valence-electron chi connectivity index (χ0n) is 9.49. The van der Waals surface area contributed by atoms with Crippen molar-refractivity contribution >= 4 is 0 Å². The SMILES string of the molecule is CCCCC(C)C(C)(C)N.O=[N+]([O-])O. The molecule has 1 unspecified atom stereocenters. The molecule has 0 aliphatic heterocycles. The molecule has 14 heavy (non-hydrogen) atoms. The highest BCUT2D eigenvalue weighted by atomic mass is 16.9. The lowest BCUT2D eigenvalue weighted by Crippen LogP contribution is -2.39. The minimum atomic E-state index is -1.50. The third kappa shape index (κ3) is 13.7. The molecule has 0 fully saturated rings. The number of hydrogen-bond donors (Lipinski definition) is 2. The van der Waals surface area contributed by atoms with E-state index in [1.165, 1.54) is 19.3 Å². The third-order valence-corrected chi connectivity index (χ3v) is 2.26. The van der Waals surface area contributed by atoms with Gasteiger partial charge in [0.2, 0.25) is 0 Å². The van der Waals surface area contributed by atoms with E-state index in [4.69, 9.17) is 21.1 Å². The molecule has 0 aromatic rings. The zero-order chi connectivity index (χ0) is 11.8. The molecule has 0 amide bonds. The van der Waals surface area contributed by atoms with Gasteiger partial charge in [0.1, 0.15) is 0 Å². The zero-order valence-corrected chi connectivity index (χ0v) is 9.49. The summed E-state index contributed by atoms with van der Waals surface area (Å²) in [5.41, 5.74) is 5.93. The van der Waals surface area contributed by atoms with Crippen LogP contribution in [0.3, 0.4) is 0 Å². The van der Waals surface area contributed by atoms with Crippen LogP contribution in [0.15, 0.2) is 0 Å². The van der Waals surface area contributed by atoms with Gasteiger partial charge in [0.05, 0.1) is 0 Å². The summed E-state index contributed by atoms with van der Waals surface area (Å²) >= 11 is 0. The second-order valence-corrected chi connectivity index (χ2v) is 4.10. The first-order valence-electron chi connectivity index (χ1n) is 4.84. The highest BCUT2D eigenvalue weighted by molar-refractivity contribution is 4.78. The van der Waals surface area contributed by atoms with Crippen LogP contribution < -0.4 is 5.73 Å². The lowest BCUT2D eigenvalue weighted by molar-refractivity contribution is -0.742. The first-order chi connectivity index (χ1) is 6.21. The lowest BCUT2D eigenvalue weighted by Gasteiger charge is -2.26. The number of nitrogens with zero attached hydrogens (tertiary/aromatic N) is 1. The van der Waals surface area contributed by atoms with E-state index in [0.717, 1.165) is 0 Å². The molecular weight excluding hydrogens is 184 g/mol. The summed E-state index contributed by atoms with van der Waals surface area (Å²) in [6.45, 7) is 8.66. The van der Waals surface area contributed by atoms with Crippen LogP contribution in [-0.2, 0) is 0 Å². The standard InChI is InChI=1S/C9H21N.HNO3/c1-5-6-7-8(2)9(3,4)10;2-1(3)4/h8H,5-7,10H2,1-4H3;(H,2,3,4). The van der Waals surface area contributed by atoms with Crippen molar-refractivity contribution in [2.45, 2.75) is 52.5 Å². The first kappa shape index (κ1) is 15.6. The average Bonchev–Trinajstić information content (AvgIpc) is 1.97. The van der Waals surface area contributed by atoms with Gasteiger partial charge in [0.25, 0.3) is 5.09 Å². The van der Waals surface area contributed by atoms with Crippen LogP contribution in [0.4, 0.5) is 0 Å². The van der Waals surface area contributed by atoms with Crippen molar-refractivity contribution < 1.29 is 10.3 Å². The van der Waals surface area contributed by atoms with Crippen LogP contribution >= 0.6 is 0 Å². The van der Waals surface area contributed by atoms with E-state index in [1.807, 2.05) is 0 Å². The summed E-state index contributed by atoms with van der Waals surface area (Å²) in [6, 6.07) is 0. The van der Waals surface area contributed by atoms with Gasteiger partial charge in [-0.15, -0.1) is 10.1 Å². The van der Waals surface area contributed by atoms with E-state index >= 15 is 0 Å². The monoisotopic (exact) mass is 206 g/mol. The number of unbranched alkanes of at least 4 members (excludes halogenated alkanes) is 1. The van der Waals surface area contributed by atoms with Gasteiger partial charge in [0, 0.05) is 5.54 Å². The Labute approximate surface area is 85.4 Å². The molecule has 0 heterocycles. The molecule has 86 valence electrons. The Balaban J connectivity index is 0. The van der Waals surface area contributed by atoms with Crippen LogP contribution in [0.1, 0.15) is 47.0 Å². The maximum atomic E-state index is 8.36. The molecular formula is C9H22N2O3. The normalized spacial score (nSPS) is 12.6. The summed E-state index contributed by atoms with van der Waals surface area (Å²) in [7, 11) is 0. The Morgan fingerprint density at radius 2 is 1.93 bits per heavy atom. The molecule has 0 saturated carbocycles. The van der Waals surface area contributed by atoms with Gasteiger partial charge >= 0.3 is 0 Å². The lowest BCUT2D eigenvalue weighted by atomic mass is 9.86. The minimum Gasteiger partial charge on any atom is -0.328 e. The summed E-state index contributed by atoms with van der Waals surface area (Å²) in [4.78, 5) is 8.36. The van der Waals surface area contributed by atoms with Gasteiger partial charge in [-0.1, -0.05) is 26.7 Å². The molecule has 0 bridgehead atoms. The van der Waals surface area contributed by atoms with E-state index in [2.05, 4.69) is 27.7 Å². The third-order valence-electron chi connectivity index (χ3n) is 2.26. The van der Waals surface area contributed by atoms with Gasteiger partial charge < -0.3 is 10.9 Å². The van der Waals surface area contributed by atoms with Crippen molar-refractivity contribution in [3.8, 4) is 0 Å². The maximum absolute atomic E-state index is 8.36. The van der Waals surface area contributed by atoms with E-state index in [9.17, 15) is 0 Å². The smallest absolute Gasteiger partial charge is 0.291 e. The predicted octanol–water partition coefficient (Wildman–Crippen LogP) is 2.20. The van der Waals surface area contributed by atoms with Gasteiger partial charge in [-0.25, -0.2) is 0 Å². The largest absolute Gasteiger partial charge is 0.328 e. The van der Waals surface area contributed by atoms with Crippen molar-refractivity contribution in [3.63, 3.8) is 0 Å². The maximum Gasteiger partial charge on any atom is 0.291 e. The summed E-state index contributed by atoms with van der Waals surface area (Å²) in [5.74, 6) is 0.646. The highest BCUT2D eigenvalue weighted by Crippen LogP contribution is 2.18. The topological polar surface area (TPSA) is 89.4 Å². The summed E-state index contributed by atoms with van der Waals surface area (Å²) in [5, 5.41) is 13.6. The molecule has 0 aliphatic rings. The predicted molar refractivity (Wildman–Crippen MR) is 55.7 cm³/mol. The van der Waals surface area contributed by atoms with Crippen molar-refractivity contribution in [1.82, 2.24) is 0 Å². The van der Waals surface area contributed by atoms with Crippen molar-refractivity contribution in [3.05, 3.63) is 10.1 Å². The van der Waals surface area contributed by atoms with Crippen LogP contribution in [0.2, 0.25) is 0 Å². The molecule has 0 aliphatic carbocycles. The minimum absolute atomic E-state index is 0.00910. The highest BCUT2D eigenvalue weighted by Gasteiger charge is 2.18. The summed E-state index contributed by atoms with van der Waals surface area (Å²) < 4.78 is 0. The molecule has 5 nitrogen and oxygen atoms in total. The van der Waals surface area contributed by atoms with Gasteiger partial charge in [-0.2, -0.15) is 0 Å². The van der Waals surface area contributed by atoms with Crippen LogP contribution in [0, 0.1) is 16.0 Å². The van der Waals surface area contributed by atoms with Gasteiger partial charge in [0.15, 0.2) is 0 Å². The Morgan fingerprint density at radius 1 is 1.57 bits per heavy atom. The Bertz CT molecular complexity index is 151. The molecule has 0 saturated heterocycles. The van der Waals surface area contributed by atoms with E-state index in [1.54, 1.807) is 0 Å². The summed E-state index contributed by atoms with van der Waals surface area (Å²) in [6.07, 6.45) is 3.85. The van der Waals surface area contributed by atoms with Crippen molar-refractivity contribution in [2.24, 2.45) is 11.7 Å². The molecule has 0 radical (unpaired) electrons. The van der Waals surface area contributed by atoms with Gasteiger partial charge in [-0.05, 0) is 26.2 Å². The second kappa shape index (κ2) is 7.55. The Morgan fingerprint density at radius 3 is 2.14 bits per heavy atom. The fourth-order valence-corrected chi connectivity index (χ4v) is 0.882. The first-order valence-corrected chi connectivity index (χ1v) is 4.84. The molecule has 5 heteroatoms. The van der Waals surface area contributed by atoms with Crippen LogP contribution in [0.5, 0.6) is 0 Å². The molecule has 3 N–H and O–H groups in total. The van der Waals surface area contributed by atoms with Crippen LogP contribution in [0.25, 0.3) is 0 Å². The molecule has 1 atom stereocenters. The fraction of sp³-hybridized carbons (Fsp3) is 1.00.